The summed E-state index contributed by atoms with van der Waals surface area (Å²) in [4.78, 5) is 11.7. The summed E-state index contributed by atoms with van der Waals surface area (Å²) in [5, 5.41) is 18.6. The van der Waals surface area contributed by atoms with Crippen LogP contribution in [0.3, 0.4) is 0 Å². The van der Waals surface area contributed by atoms with Gasteiger partial charge in [-0.05, 0) is 29.8 Å². The molecule has 0 aliphatic heterocycles. The molecule has 0 heterocycles. The van der Waals surface area contributed by atoms with E-state index >= 15 is 0 Å². The number of benzene rings is 2. The van der Waals surface area contributed by atoms with Crippen molar-refractivity contribution in [1.82, 2.24) is 0 Å². The molecule has 2 aromatic rings. The largest absolute Gasteiger partial charge is 0.508 e. The molecule has 5 heteroatoms. The van der Waals surface area contributed by atoms with E-state index in [2.05, 4.69) is 0 Å². The third-order valence-electron chi connectivity index (χ3n) is 2.48. The number of phenolic OH excluding ortho intramolecular Hbond substituents is 2. The highest BCUT2D eigenvalue weighted by Gasteiger charge is 2.13. The molecule has 4 nitrogen and oxygen atoms in total. The zero-order valence-corrected chi connectivity index (χ0v) is 9.84. The van der Waals surface area contributed by atoms with Gasteiger partial charge in [0.15, 0.2) is 0 Å². The van der Waals surface area contributed by atoms with E-state index in [4.69, 9.17) is 9.84 Å². The average Bonchev–Trinajstić information content (AvgIpc) is 2.37. The second-order valence-corrected chi connectivity index (χ2v) is 3.90. The van der Waals surface area contributed by atoms with Gasteiger partial charge in [0, 0.05) is 6.07 Å². The summed E-state index contributed by atoms with van der Waals surface area (Å²) in [6.07, 6.45) is 0. The smallest absolute Gasteiger partial charge is 0.342 e. The van der Waals surface area contributed by atoms with Gasteiger partial charge in [0.1, 0.15) is 29.5 Å². The molecule has 2 aromatic carbocycles. The maximum atomic E-state index is 12.7. The van der Waals surface area contributed by atoms with Gasteiger partial charge in [-0.3, -0.25) is 0 Å². The SMILES string of the molecule is O=C(OCc1ccc(F)cc1)c1ccc(O)cc1O. The lowest BCUT2D eigenvalue weighted by Crippen LogP contribution is -2.05. The van der Waals surface area contributed by atoms with Crippen LogP contribution in [0.1, 0.15) is 15.9 Å². The summed E-state index contributed by atoms with van der Waals surface area (Å²) in [5.41, 5.74) is 0.591. The predicted octanol–water partition coefficient (Wildman–Crippen LogP) is 2.59. The summed E-state index contributed by atoms with van der Waals surface area (Å²) in [7, 11) is 0. The fourth-order valence-corrected chi connectivity index (χ4v) is 1.50. The number of hydrogen-bond donors (Lipinski definition) is 2. The normalized spacial score (nSPS) is 10.2. The summed E-state index contributed by atoms with van der Waals surface area (Å²) in [5.74, 6) is -1.59. The van der Waals surface area contributed by atoms with Gasteiger partial charge in [-0.15, -0.1) is 0 Å². The molecule has 0 saturated heterocycles. The van der Waals surface area contributed by atoms with Crippen molar-refractivity contribution < 1.29 is 24.1 Å². The van der Waals surface area contributed by atoms with Gasteiger partial charge in [0.2, 0.25) is 0 Å². The number of carbonyl (C=O) groups is 1. The Bertz CT molecular complexity index is 593. The standard InChI is InChI=1S/C14H11FO4/c15-10-3-1-9(2-4-10)8-19-14(18)12-6-5-11(16)7-13(12)17/h1-7,16-17H,8H2. The maximum absolute atomic E-state index is 12.7. The molecule has 2 N–H and O–H groups in total. The molecule has 0 amide bonds. The van der Waals surface area contributed by atoms with Gasteiger partial charge >= 0.3 is 5.97 Å². The van der Waals surface area contributed by atoms with Crippen LogP contribution in [-0.4, -0.2) is 16.2 Å². The zero-order chi connectivity index (χ0) is 13.8. The van der Waals surface area contributed by atoms with Crippen LogP contribution >= 0.6 is 0 Å². The first-order valence-corrected chi connectivity index (χ1v) is 5.50. The Hall–Kier alpha value is -2.56. The minimum Gasteiger partial charge on any atom is -0.508 e. The third-order valence-corrected chi connectivity index (χ3v) is 2.48. The van der Waals surface area contributed by atoms with E-state index in [0.717, 1.165) is 6.07 Å². The molecule has 19 heavy (non-hydrogen) atoms. The molecule has 0 spiro atoms. The Labute approximate surface area is 108 Å². The highest BCUT2D eigenvalue weighted by atomic mass is 19.1. The van der Waals surface area contributed by atoms with E-state index in [-0.39, 0.29) is 29.5 Å². The van der Waals surface area contributed by atoms with Gasteiger partial charge in [-0.25, -0.2) is 9.18 Å². The Morgan fingerprint density at radius 3 is 2.42 bits per heavy atom. The number of phenols is 2. The molecule has 0 aliphatic carbocycles. The molecule has 0 fully saturated rings. The van der Waals surface area contributed by atoms with E-state index in [9.17, 15) is 14.3 Å². The van der Waals surface area contributed by atoms with Crippen molar-refractivity contribution in [2.24, 2.45) is 0 Å². The fourth-order valence-electron chi connectivity index (χ4n) is 1.50. The molecule has 0 radical (unpaired) electrons. The average molecular weight is 262 g/mol. The lowest BCUT2D eigenvalue weighted by molar-refractivity contribution is 0.0469. The van der Waals surface area contributed by atoms with E-state index < -0.39 is 5.97 Å². The Morgan fingerprint density at radius 2 is 1.79 bits per heavy atom. The van der Waals surface area contributed by atoms with Crippen molar-refractivity contribution >= 4 is 5.97 Å². The molecule has 0 aliphatic rings. The minimum absolute atomic E-state index is 0.0283. The first kappa shape index (κ1) is 12.9. The zero-order valence-electron chi connectivity index (χ0n) is 9.84. The van der Waals surface area contributed by atoms with Crippen molar-refractivity contribution in [2.75, 3.05) is 0 Å². The molecular formula is C14H11FO4. The van der Waals surface area contributed by atoms with Crippen LogP contribution in [-0.2, 0) is 11.3 Å². The van der Waals surface area contributed by atoms with Gasteiger partial charge in [-0.2, -0.15) is 0 Å². The summed E-state index contributed by atoms with van der Waals surface area (Å²) in [6, 6.07) is 9.11. The van der Waals surface area contributed by atoms with Gasteiger partial charge in [0.05, 0.1) is 0 Å². The van der Waals surface area contributed by atoms with Gasteiger partial charge in [0.25, 0.3) is 0 Å². The summed E-state index contributed by atoms with van der Waals surface area (Å²) >= 11 is 0. The van der Waals surface area contributed by atoms with E-state index in [1.165, 1.54) is 36.4 Å². The third kappa shape index (κ3) is 3.22. The van der Waals surface area contributed by atoms with Crippen LogP contribution in [0.4, 0.5) is 4.39 Å². The number of rotatable bonds is 3. The van der Waals surface area contributed by atoms with Gasteiger partial charge < -0.3 is 14.9 Å². The first-order valence-electron chi connectivity index (χ1n) is 5.50. The Kier molecular flexibility index (Phi) is 3.66. The molecule has 0 unspecified atom stereocenters. The number of halogens is 1. The van der Waals surface area contributed by atoms with Crippen molar-refractivity contribution in [2.45, 2.75) is 6.61 Å². The molecule has 0 bridgehead atoms. The quantitative estimate of drug-likeness (QED) is 0.834. The second kappa shape index (κ2) is 5.39. The van der Waals surface area contributed by atoms with Crippen molar-refractivity contribution in [3.05, 3.63) is 59.4 Å². The van der Waals surface area contributed by atoms with Crippen molar-refractivity contribution in [3.63, 3.8) is 0 Å². The highest BCUT2D eigenvalue weighted by molar-refractivity contribution is 5.92. The first-order chi connectivity index (χ1) is 9.06. The monoisotopic (exact) mass is 262 g/mol. The number of aromatic hydroxyl groups is 2. The maximum Gasteiger partial charge on any atom is 0.342 e. The Morgan fingerprint density at radius 1 is 1.11 bits per heavy atom. The minimum atomic E-state index is -0.721. The summed E-state index contributed by atoms with van der Waals surface area (Å²) in [6.45, 7) is -0.0283. The molecule has 98 valence electrons. The van der Waals surface area contributed by atoms with Crippen LogP contribution in [0.25, 0.3) is 0 Å². The molecular weight excluding hydrogens is 251 g/mol. The molecule has 0 saturated carbocycles. The summed E-state index contributed by atoms with van der Waals surface area (Å²) < 4.78 is 17.6. The lowest BCUT2D eigenvalue weighted by Gasteiger charge is -2.06. The number of carbonyl (C=O) groups excluding carboxylic acids is 1. The number of esters is 1. The second-order valence-electron chi connectivity index (χ2n) is 3.90. The molecule has 2 rings (SSSR count). The molecule has 0 aromatic heterocycles. The van der Waals surface area contributed by atoms with Gasteiger partial charge in [-0.1, -0.05) is 12.1 Å². The lowest BCUT2D eigenvalue weighted by atomic mass is 10.2. The van der Waals surface area contributed by atoms with Crippen LogP contribution in [0.2, 0.25) is 0 Å². The topological polar surface area (TPSA) is 66.8 Å². The number of ether oxygens (including phenoxy) is 1. The van der Waals surface area contributed by atoms with Crippen molar-refractivity contribution in [3.8, 4) is 11.5 Å². The number of hydrogen-bond acceptors (Lipinski definition) is 4. The predicted molar refractivity (Wildman–Crippen MR) is 65.3 cm³/mol. The van der Waals surface area contributed by atoms with Crippen LogP contribution in [0, 0.1) is 5.82 Å². The van der Waals surface area contributed by atoms with Crippen LogP contribution in [0.15, 0.2) is 42.5 Å². The molecule has 0 atom stereocenters. The van der Waals surface area contributed by atoms with Crippen LogP contribution in [0.5, 0.6) is 11.5 Å². The van der Waals surface area contributed by atoms with E-state index in [0.29, 0.717) is 5.56 Å². The van der Waals surface area contributed by atoms with Crippen LogP contribution < -0.4 is 0 Å². The van der Waals surface area contributed by atoms with E-state index in [1.54, 1.807) is 0 Å². The Balaban J connectivity index is 2.03. The fraction of sp³-hybridized carbons (Fsp3) is 0.0714. The van der Waals surface area contributed by atoms with E-state index in [1.807, 2.05) is 0 Å². The van der Waals surface area contributed by atoms with Crippen molar-refractivity contribution in [1.29, 1.82) is 0 Å². The highest BCUT2D eigenvalue weighted by Crippen LogP contribution is 2.23.